The molecular weight excluding hydrogens is 490 g/mol. The molecule has 0 aliphatic rings. The summed E-state index contributed by atoms with van der Waals surface area (Å²) in [5, 5.41) is 8.95. The lowest BCUT2D eigenvalue weighted by molar-refractivity contribution is -0.198. The molecule has 3 aromatic carbocycles. The summed E-state index contributed by atoms with van der Waals surface area (Å²) >= 11 is 0. The van der Waals surface area contributed by atoms with Gasteiger partial charge in [0.15, 0.2) is 0 Å². The molecule has 6 nitrogen and oxygen atoms in total. The van der Waals surface area contributed by atoms with Crippen molar-refractivity contribution < 1.29 is 32.2 Å². The summed E-state index contributed by atoms with van der Waals surface area (Å²) in [7, 11) is 0. The Labute approximate surface area is 209 Å². The number of benzene rings is 3. The lowest BCUT2D eigenvalue weighted by Crippen LogP contribution is -2.32. The third-order valence-electron chi connectivity index (χ3n) is 5.52. The Morgan fingerprint density at radius 2 is 1.62 bits per heavy atom. The number of rotatable bonds is 8. The van der Waals surface area contributed by atoms with E-state index in [2.05, 4.69) is 9.97 Å². The van der Waals surface area contributed by atoms with E-state index < -0.39 is 30.1 Å². The minimum atomic E-state index is -4.78. The van der Waals surface area contributed by atoms with Crippen molar-refractivity contribution in [3.8, 4) is 28.3 Å². The first-order valence-corrected chi connectivity index (χ1v) is 11.1. The fraction of sp³-hybridized carbons (Fsp3) is 0.148. The number of aromatic nitrogens is 2. The van der Waals surface area contributed by atoms with Gasteiger partial charge in [0.25, 0.3) is 0 Å². The van der Waals surface area contributed by atoms with Crippen molar-refractivity contribution in [1.82, 2.24) is 9.97 Å². The van der Waals surface area contributed by atoms with Gasteiger partial charge < -0.3 is 15.6 Å². The summed E-state index contributed by atoms with van der Waals surface area (Å²) in [5.41, 5.74) is 7.68. The van der Waals surface area contributed by atoms with Crippen LogP contribution in [0.1, 0.15) is 17.2 Å². The van der Waals surface area contributed by atoms with Gasteiger partial charge in [-0.1, -0.05) is 54.6 Å². The van der Waals surface area contributed by atoms with Crippen LogP contribution in [-0.2, 0) is 11.2 Å². The first-order chi connectivity index (χ1) is 17.6. The van der Waals surface area contributed by atoms with Gasteiger partial charge >= 0.3 is 12.1 Å². The van der Waals surface area contributed by atoms with Gasteiger partial charge in [0.1, 0.15) is 11.9 Å². The normalized spacial score (nSPS) is 13.1. The second kappa shape index (κ2) is 10.8. The van der Waals surface area contributed by atoms with Crippen LogP contribution in [0.25, 0.3) is 22.4 Å². The molecule has 0 radical (unpaired) electrons. The zero-order valence-corrected chi connectivity index (χ0v) is 19.2. The summed E-state index contributed by atoms with van der Waals surface area (Å²) in [6, 6.07) is 16.7. The molecule has 3 N–H and O–H groups in total. The Morgan fingerprint density at radius 1 is 0.946 bits per heavy atom. The third kappa shape index (κ3) is 6.47. The Bertz CT molecular complexity index is 1390. The summed E-state index contributed by atoms with van der Waals surface area (Å²) in [6.07, 6.45) is -4.54. The lowest BCUT2D eigenvalue weighted by atomic mass is 10.0. The highest BCUT2D eigenvalue weighted by Crippen LogP contribution is 2.38. The number of nitrogens with zero attached hydrogens (tertiary/aromatic N) is 2. The predicted molar refractivity (Wildman–Crippen MR) is 128 cm³/mol. The van der Waals surface area contributed by atoms with Gasteiger partial charge in [-0.3, -0.25) is 9.78 Å². The van der Waals surface area contributed by atoms with Gasteiger partial charge in [-0.25, -0.2) is 9.37 Å². The van der Waals surface area contributed by atoms with E-state index in [9.17, 15) is 22.4 Å². The van der Waals surface area contributed by atoms with Crippen molar-refractivity contribution in [3.63, 3.8) is 0 Å². The van der Waals surface area contributed by atoms with Crippen LogP contribution in [0, 0.1) is 5.82 Å². The number of aliphatic carboxylic acids is 1. The number of halogens is 4. The van der Waals surface area contributed by atoms with Crippen LogP contribution in [0.4, 0.5) is 17.6 Å². The smallest absolute Gasteiger partial charge is 0.429 e. The Kier molecular flexibility index (Phi) is 7.49. The quantitative estimate of drug-likeness (QED) is 0.300. The summed E-state index contributed by atoms with van der Waals surface area (Å²) in [6.45, 7) is 0. The summed E-state index contributed by atoms with van der Waals surface area (Å²) in [4.78, 5) is 19.1. The number of carboxylic acids is 1. The molecule has 0 saturated heterocycles. The molecule has 1 unspecified atom stereocenters. The van der Waals surface area contributed by atoms with Crippen molar-refractivity contribution >= 4 is 5.97 Å². The van der Waals surface area contributed by atoms with E-state index in [-0.39, 0.29) is 23.6 Å². The molecule has 1 aromatic heterocycles. The van der Waals surface area contributed by atoms with Crippen LogP contribution in [0.15, 0.2) is 85.2 Å². The van der Waals surface area contributed by atoms with Gasteiger partial charge in [0, 0.05) is 11.1 Å². The van der Waals surface area contributed by atoms with Crippen molar-refractivity contribution in [3.05, 3.63) is 102 Å². The maximum Gasteiger partial charge on any atom is 0.429 e. The number of ether oxygens (including phenoxy) is 1. The zero-order chi connectivity index (χ0) is 26.6. The summed E-state index contributed by atoms with van der Waals surface area (Å²) < 4.78 is 61.0. The molecule has 0 bridgehead atoms. The van der Waals surface area contributed by atoms with Crippen molar-refractivity contribution in [2.75, 3.05) is 0 Å². The molecule has 2 atom stereocenters. The van der Waals surface area contributed by atoms with Crippen LogP contribution < -0.4 is 10.5 Å². The zero-order valence-electron chi connectivity index (χ0n) is 19.2. The number of alkyl halides is 3. The molecule has 0 aliphatic carbocycles. The molecule has 0 saturated carbocycles. The van der Waals surface area contributed by atoms with E-state index in [1.807, 2.05) is 0 Å². The van der Waals surface area contributed by atoms with Crippen molar-refractivity contribution in [2.24, 2.45) is 5.73 Å². The molecule has 0 amide bonds. The molecule has 37 heavy (non-hydrogen) atoms. The SMILES string of the molecule is N[C@@H](Cc1ccc(-c2cncc(OC(c3cccc(-c4cccc(F)c4)c3)C(F)(F)F)n2)cc1)C(=O)O. The molecule has 4 aromatic rings. The first kappa shape index (κ1) is 25.8. The Morgan fingerprint density at radius 3 is 2.27 bits per heavy atom. The minimum absolute atomic E-state index is 0.117. The number of hydrogen-bond donors (Lipinski definition) is 2. The van der Waals surface area contributed by atoms with E-state index in [0.29, 0.717) is 22.3 Å². The van der Waals surface area contributed by atoms with Gasteiger partial charge in [0.2, 0.25) is 12.0 Å². The first-order valence-electron chi connectivity index (χ1n) is 11.1. The molecular formula is C27H21F4N3O3. The van der Waals surface area contributed by atoms with E-state index in [0.717, 1.165) is 6.20 Å². The average molecular weight is 511 g/mol. The molecule has 190 valence electrons. The molecule has 1 heterocycles. The molecule has 0 spiro atoms. The topological polar surface area (TPSA) is 98.3 Å². The monoisotopic (exact) mass is 511 g/mol. The fourth-order valence-electron chi connectivity index (χ4n) is 3.69. The fourth-order valence-corrected chi connectivity index (χ4v) is 3.69. The Hall–Kier alpha value is -4.31. The summed E-state index contributed by atoms with van der Waals surface area (Å²) in [5.74, 6) is -1.97. The lowest BCUT2D eigenvalue weighted by Gasteiger charge is -2.22. The van der Waals surface area contributed by atoms with Gasteiger partial charge in [-0.2, -0.15) is 13.2 Å². The highest BCUT2D eigenvalue weighted by atomic mass is 19.4. The number of carboxylic acid groups (broad SMARTS) is 1. The molecule has 4 rings (SSSR count). The van der Waals surface area contributed by atoms with Crippen molar-refractivity contribution in [2.45, 2.75) is 24.7 Å². The predicted octanol–water partition coefficient (Wildman–Crippen LogP) is 5.59. The van der Waals surface area contributed by atoms with Gasteiger partial charge in [-0.15, -0.1) is 0 Å². The molecule has 0 fully saturated rings. The third-order valence-corrected chi connectivity index (χ3v) is 5.52. The largest absolute Gasteiger partial charge is 0.480 e. The van der Waals surface area contributed by atoms with Gasteiger partial charge in [-0.05, 0) is 41.3 Å². The molecule has 0 aliphatic heterocycles. The Balaban J connectivity index is 1.59. The highest BCUT2D eigenvalue weighted by Gasteiger charge is 2.43. The minimum Gasteiger partial charge on any atom is -0.480 e. The highest BCUT2D eigenvalue weighted by molar-refractivity contribution is 5.73. The van der Waals surface area contributed by atoms with Crippen molar-refractivity contribution in [1.29, 1.82) is 0 Å². The number of hydrogen-bond acceptors (Lipinski definition) is 5. The van der Waals surface area contributed by atoms with E-state index >= 15 is 0 Å². The second-order valence-electron chi connectivity index (χ2n) is 8.26. The van der Waals surface area contributed by atoms with Crippen LogP contribution in [0.2, 0.25) is 0 Å². The van der Waals surface area contributed by atoms with Crippen LogP contribution >= 0.6 is 0 Å². The number of nitrogens with two attached hydrogens (primary N) is 1. The maximum atomic E-state index is 14.0. The second-order valence-corrected chi connectivity index (χ2v) is 8.26. The standard InChI is InChI=1S/C27H21F4N3O3/c28-21-6-2-4-19(13-21)18-3-1-5-20(12-18)25(27(29,30)31)37-24-15-33-14-23(34-24)17-9-7-16(8-10-17)11-22(32)26(35)36/h1-10,12-15,22,25H,11,32H2,(H,35,36)/t22-,25?/m0/s1. The van der Waals surface area contributed by atoms with Crippen LogP contribution in [0.5, 0.6) is 5.88 Å². The van der Waals surface area contributed by atoms with E-state index in [1.54, 1.807) is 36.4 Å². The van der Waals surface area contributed by atoms with Crippen LogP contribution in [0.3, 0.4) is 0 Å². The molecule has 10 heteroatoms. The van der Waals surface area contributed by atoms with E-state index in [4.69, 9.17) is 15.6 Å². The van der Waals surface area contributed by atoms with Gasteiger partial charge in [0.05, 0.1) is 18.1 Å². The van der Waals surface area contributed by atoms with E-state index in [1.165, 1.54) is 42.6 Å². The average Bonchev–Trinajstić information content (AvgIpc) is 2.87. The maximum absolute atomic E-state index is 14.0. The van der Waals surface area contributed by atoms with Crippen LogP contribution in [-0.4, -0.2) is 33.3 Å². The number of carbonyl (C=O) groups is 1.